The predicted molar refractivity (Wildman–Crippen MR) is 64.6 cm³/mol. The van der Waals surface area contributed by atoms with Crippen LogP contribution in [0.25, 0.3) is 4.85 Å². The third-order valence-corrected chi connectivity index (χ3v) is 4.12. The van der Waals surface area contributed by atoms with Crippen molar-refractivity contribution in [1.29, 1.82) is 0 Å². The van der Waals surface area contributed by atoms with Gasteiger partial charge in [0.05, 0.1) is 6.61 Å². The van der Waals surface area contributed by atoms with Crippen molar-refractivity contribution in [2.75, 3.05) is 26.4 Å². The molecule has 2 aliphatic heterocycles. The van der Waals surface area contributed by atoms with E-state index in [1.54, 1.807) is 0 Å². The predicted octanol–water partition coefficient (Wildman–Crippen LogP) is 1.96. The molecule has 0 aromatic rings. The van der Waals surface area contributed by atoms with Crippen molar-refractivity contribution in [3.63, 3.8) is 0 Å². The Morgan fingerprint density at radius 1 is 1.56 bits per heavy atom. The molecule has 0 saturated carbocycles. The van der Waals surface area contributed by atoms with Crippen molar-refractivity contribution in [1.82, 2.24) is 0 Å². The van der Waals surface area contributed by atoms with Gasteiger partial charge in [-0.2, -0.15) is 4.89 Å². The Bertz CT molecular complexity index is 324. The van der Waals surface area contributed by atoms with E-state index in [4.69, 9.17) is 30.1 Å². The Kier molecular flexibility index (Phi) is 4.54. The van der Waals surface area contributed by atoms with Crippen LogP contribution in [0.15, 0.2) is 0 Å². The molecule has 2 bridgehead atoms. The van der Waals surface area contributed by atoms with Gasteiger partial charge in [-0.25, -0.2) is 11.5 Å². The average molecular weight is 275 g/mol. The van der Waals surface area contributed by atoms with Crippen LogP contribution in [0.5, 0.6) is 0 Å². The summed E-state index contributed by atoms with van der Waals surface area (Å²) in [7, 11) is -1.06. The molecule has 2 saturated heterocycles. The Hall–Kier alpha value is -0.280. The summed E-state index contributed by atoms with van der Waals surface area (Å²) in [4.78, 5) is 13.7. The highest BCUT2D eigenvalue weighted by Crippen LogP contribution is 2.49. The molecule has 0 amide bonds. The third-order valence-electron chi connectivity index (χ3n) is 3.05. The Morgan fingerprint density at radius 3 is 2.89 bits per heavy atom. The Morgan fingerprint density at radius 2 is 2.33 bits per heavy atom. The molecule has 4 atom stereocenters. The first-order valence-electron chi connectivity index (χ1n) is 5.95. The summed E-state index contributed by atoms with van der Waals surface area (Å²) in [5, 5.41) is 0. The summed E-state index contributed by atoms with van der Waals surface area (Å²) in [6, 6.07) is 0. The van der Waals surface area contributed by atoms with E-state index in [0.29, 0.717) is 19.8 Å². The van der Waals surface area contributed by atoms with Crippen molar-refractivity contribution >= 4 is 8.38 Å². The second-order valence-electron chi connectivity index (χ2n) is 4.59. The number of fused-ring (bicyclic) bond motifs is 2. The molecule has 2 fully saturated rings. The van der Waals surface area contributed by atoms with Crippen LogP contribution in [-0.4, -0.2) is 44.4 Å². The van der Waals surface area contributed by atoms with Crippen molar-refractivity contribution in [2.45, 2.75) is 31.8 Å². The van der Waals surface area contributed by atoms with Crippen molar-refractivity contribution < 1.29 is 23.6 Å². The zero-order valence-electron chi connectivity index (χ0n) is 10.8. The molecule has 0 aromatic carbocycles. The fourth-order valence-electron chi connectivity index (χ4n) is 2.07. The smallest absolute Gasteiger partial charge is 0.238 e. The van der Waals surface area contributed by atoms with Gasteiger partial charge in [0.15, 0.2) is 14.5 Å². The minimum Gasteiger partial charge on any atom is -0.342 e. The first-order valence-corrected chi connectivity index (χ1v) is 7.57. The minimum absolute atomic E-state index is 0.127. The fraction of sp³-hybridized carbons (Fsp3) is 0.909. The maximum atomic E-state index is 6.68. The normalized spacial score (nSPS) is 35.9. The molecule has 0 aromatic heterocycles. The molecule has 2 heterocycles. The summed E-state index contributed by atoms with van der Waals surface area (Å²) in [5.41, 5.74) is 0. The van der Waals surface area contributed by atoms with Crippen LogP contribution in [0.4, 0.5) is 0 Å². The van der Waals surface area contributed by atoms with E-state index in [1.807, 2.05) is 20.5 Å². The lowest BCUT2D eigenvalue weighted by atomic mass is 9.97. The number of hydrogen-bond acceptors (Lipinski definition) is 5. The van der Waals surface area contributed by atoms with E-state index in [9.17, 15) is 0 Å². The van der Waals surface area contributed by atoms with Gasteiger partial charge in [-0.15, -0.1) is 0 Å². The molecule has 1 unspecified atom stereocenters. The highest BCUT2D eigenvalue weighted by molar-refractivity contribution is 7.46. The zero-order chi connectivity index (χ0) is 13.2. The molecule has 2 aliphatic rings. The lowest BCUT2D eigenvalue weighted by molar-refractivity contribution is -0.435. The standard InChI is InChI=1S/C11H18NO5P/c1-8(2)11-10(9(7-13-11)15-17-11)16-18(4)14-6-5-12-3/h8-10H,5-7H2,1-2,4H3/t9-,10-,11-,18?/m0/s1. The lowest BCUT2D eigenvalue weighted by Crippen LogP contribution is -2.44. The van der Waals surface area contributed by atoms with Gasteiger partial charge in [-0.1, -0.05) is 13.8 Å². The van der Waals surface area contributed by atoms with Crippen molar-refractivity contribution in [2.24, 2.45) is 5.92 Å². The van der Waals surface area contributed by atoms with E-state index in [1.165, 1.54) is 0 Å². The molecule has 0 N–H and O–H groups in total. The van der Waals surface area contributed by atoms with Crippen LogP contribution < -0.4 is 0 Å². The molecular weight excluding hydrogens is 257 g/mol. The number of rotatable bonds is 6. The molecular formula is C11H18NO5P. The van der Waals surface area contributed by atoms with Gasteiger partial charge in [-0.05, 0) is 0 Å². The van der Waals surface area contributed by atoms with Gasteiger partial charge >= 0.3 is 0 Å². The number of ether oxygens (including phenoxy) is 1. The lowest BCUT2D eigenvalue weighted by Gasteiger charge is -2.31. The molecule has 102 valence electrons. The third kappa shape index (κ3) is 2.53. The number of hydrogen-bond donors (Lipinski definition) is 0. The first-order chi connectivity index (χ1) is 8.60. The summed E-state index contributed by atoms with van der Waals surface area (Å²) in [6.07, 6.45) is -0.455. The molecule has 7 heteroatoms. The van der Waals surface area contributed by atoms with Gasteiger partial charge in [0, 0.05) is 12.6 Å². The summed E-state index contributed by atoms with van der Waals surface area (Å²) in [5.74, 6) is -0.689. The molecule has 0 spiro atoms. The van der Waals surface area contributed by atoms with Gasteiger partial charge in [0.2, 0.25) is 12.3 Å². The van der Waals surface area contributed by atoms with Crippen LogP contribution in [0.3, 0.4) is 0 Å². The summed E-state index contributed by atoms with van der Waals surface area (Å²) < 4.78 is 17.0. The van der Waals surface area contributed by atoms with E-state index < -0.39 is 14.2 Å². The highest BCUT2D eigenvalue weighted by atomic mass is 31.2. The maximum absolute atomic E-state index is 6.68. The summed E-state index contributed by atoms with van der Waals surface area (Å²) in [6.45, 7) is 13.8. The van der Waals surface area contributed by atoms with Crippen LogP contribution in [-0.2, 0) is 23.6 Å². The molecule has 18 heavy (non-hydrogen) atoms. The summed E-state index contributed by atoms with van der Waals surface area (Å²) >= 11 is 0. The van der Waals surface area contributed by atoms with Gasteiger partial charge in [-0.3, -0.25) is 0 Å². The second kappa shape index (κ2) is 5.79. The average Bonchev–Trinajstić information content (AvgIpc) is 2.86. The minimum atomic E-state index is -1.06. The topological polar surface area (TPSA) is 50.5 Å². The van der Waals surface area contributed by atoms with Crippen molar-refractivity contribution in [3.05, 3.63) is 11.4 Å². The molecule has 2 rings (SSSR count). The van der Waals surface area contributed by atoms with E-state index in [0.717, 1.165) is 0 Å². The largest absolute Gasteiger partial charge is 0.342 e. The van der Waals surface area contributed by atoms with Gasteiger partial charge in [0.25, 0.3) is 0 Å². The second-order valence-corrected chi connectivity index (χ2v) is 5.93. The van der Waals surface area contributed by atoms with E-state index in [-0.39, 0.29) is 18.1 Å². The molecule has 6 nitrogen and oxygen atoms in total. The Balaban J connectivity index is 1.91. The van der Waals surface area contributed by atoms with E-state index in [2.05, 4.69) is 4.85 Å². The maximum Gasteiger partial charge on any atom is 0.238 e. The monoisotopic (exact) mass is 275 g/mol. The highest BCUT2D eigenvalue weighted by Gasteiger charge is 2.62. The van der Waals surface area contributed by atoms with Crippen LogP contribution in [0.1, 0.15) is 13.8 Å². The SMILES string of the molecule is [C-]#[N+]CCOP(C)O[C@H]1[C@@H]2CO[C@@]1(C(C)C)OO2. The van der Waals surface area contributed by atoms with Crippen LogP contribution in [0, 0.1) is 12.5 Å². The zero-order valence-corrected chi connectivity index (χ0v) is 11.7. The van der Waals surface area contributed by atoms with Gasteiger partial charge < -0.3 is 18.6 Å². The first kappa shape index (κ1) is 14.1. The van der Waals surface area contributed by atoms with Crippen molar-refractivity contribution in [3.8, 4) is 0 Å². The number of nitrogens with zero attached hydrogens (tertiary/aromatic N) is 1. The quantitative estimate of drug-likeness (QED) is 0.321. The molecule has 0 radical (unpaired) electrons. The van der Waals surface area contributed by atoms with Gasteiger partial charge in [0.1, 0.15) is 12.7 Å². The van der Waals surface area contributed by atoms with Crippen LogP contribution >= 0.6 is 8.38 Å². The fourth-order valence-corrected chi connectivity index (χ4v) is 3.07. The molecule has 0 aliphatic carbocycles. The van der Waals surface area contributed by atoms with E-state index >= 15 is 0 Å². The van der Waals surface area contributed by atoms with Crippen LogP contribution in [0.2, 0.25) is 0 Å². The Labute approximate surface area is 108 Å².